The molecule has 0 spiro atoms. The largest absolute Gasteiger partial charge is 0.497 e. The average molecular weight is 399 g/mol. The number of nitrogens with zero attached hydrogens (tertiary/aromatic N) is 4. The fraction of sp³-hybridized carbons (Fsp3) is 0.167. The van der Waals surface area contributed by atoms with E-state index in [9.17, 15) is 0 Å². The van der Waals surface area contributed by atoms with Crippen LogP contribution in [0.15, 0.2) is 62.8 Å². The van der Waals surface area contributed by atoms with E-state index in [1.54, 1.807) is 25.5 Å². The normalized spacial score (nSPS) is 10.9. The molecule has 0 atom stereocenters. The number of furan rings is 1. The highest BCUT2D eigenvalue weighted by Crippen LogP contribution is 2.25. The molecule has 1 aromatic carbocycles. The number of benzene rings is 1. The molecule has 0 aliphatic carbocycles. The van der Waals surface area contributed by atoms with Gasteiger partial charge in [-0.2, -0.15) is 0 Å². The topological polar surface area (TPSA) is 114 Å². The Morgan fingerprint density at radius 3 is 2.82 bits per heavy atom. The maximum atomic E-state index is 6.08. The summed E-state index contributed by atoms with van der Waals surface area (Å²) in [5.74, 6) is 9.67. The lowest BCUT2D eigenvalue weighted by Crippen LogP contribution is -2.15. The SMILES string of the molecule is COc1cccc(OCc2nnc(SCc3cc(-c4ccco4)on3)n2N)c1. The third kappa shape index (κ3) is 3.96. The molecule has 0 aliphatic rings. The third-order valence-corrected chi connectivity index (χ3v) is 4.79. The van der Waals surface area contributed by atoms with Crippen molar-refractivity contribution in [2.45, 2.75) is 17.5 Å². The van der Waals surface area contributed by atoms with E-state index in [4.69, 9.17) is 24.3 Å². The third-order valence-electron chi connectivity index (χ3n) is 3.82. The minimum absolute atomic E-state index is 0.184. The van der Waals surface area contributed by atoms with Crippen molar-refractivity contribution in [2.75, 3.05) is 13.0 Å². The molecule has 3 heterocycles. The number of nitrogen functional groups attached to an aromatic ring is 1. The van der Waals surface area contributed by atoms with E-state index in [0.717, 1.165) is 5.69 Å². The van der Waals surface area contributed by atoms with Gasteiger partial charge >= 0.3 is 0 Å². The van der Waals surface area contributed by atoms with Crippen molar-refractivity contribution in [3.05, 3.63) is 60.2 Å². The van der Waals surface area contributed by atoms with Crippen LogP contribution in [-0.2, 0) is 12.4 Å². The van der Waals surface area contributed by atoms with E-state index < -0.39 is 0 Å². The zero-order valence-corrected chi connectivity index (χ0v) is 15.8. The number of rotatable bonds is 8. The number of hydrogen-bond donors (Lipinski definition) is 1. The molecule has 2 N–H and O–H groups in total. The molecule has 0 radical (unpaired) electrons. The van der Waals surface area contributed by atoms with Gasteiger partial charge < -0.3 is 24.3 Å². The highest BCUT2D eigenvalue weighted by Gasteiger charge is 2.14. The lowest BCUT2D eigenvalue weighted by Gasteiger charge is -2.07. The van der Waals surface area contributed by atoms with Crippen molar-refractivity contribution >= 4 is 11.8 Å². The van der Waals surface area contributed by atoms with Gasteiger partial charge in [0.1, 0.15) is 18.1 Å². The maximum Gasteiger partial charge on any atom is 0.210 e. The molecule has 0 amide bonds. The van der Waals surface area contributed by atoms with Crippen LogP contribution in [0.2, 0.25) is 0 Å². The minimum atomic E-state index is 0.184. The van der Waals surface area contributed by atoms with E-state index in [0.29, 0.717) is 39.8 Å². The number of aromatic nitrogens is 4. The van der Waals surface area contributed by atoms with Gasteiger partial charge in [-0.3, -0.25) is 0 Å². The number of ether oxygens (including phenoxy) is 2. The van der Waals surface area contributed by atoms with E-state index in [1.165, 1.54) is 16.4 Å². The summed E-state index contributed by atoms with van der Waals surface area (Å²) in [6.07, 6.45) is 1.58. The summed E-state index contributed by atoms with van der Waals surface area (Å²) in [7, 11) is 1.60. The summed E-state index contributed by atoms with van der Waals surface area (Å²) in [5.41, 5.74) is 0.744. The Bertz CT molecular complexity index is 1040. The van der Waals surface area contributed by atoms with Crippen LogP contribution < -0.4 is 15.3 Å². The molecule has 0 fully saturated rings. The molecule has 0 unspecified atom stereocenters. The van der Waals surface area contributed by atoms with Gasteiger partial charge in [-0.05, 0) is 24.3 Å². The maximum absolute atomic E-state index is 6.08. The zero-order chi connectivity index (χ0) is 19.3. The molecule has 144 valence electrons. The number of nitrogens with two attached hydrogens (primary N) is 1. The molecule has 0 bridgehead atoms. The van der Waals surface area contributed by atoms with Gasteiger partial charge in [0.25, 0.3) is 0 Å². The number of hydrogen-bond acceptors (Lipinski definition) is 9. The van der Waals surface area contributed by atoms with Gasteiger partial charge in [0, 0.05) is 17.9 Å². The predicted octanol–water partition coefficient (Wildman–Crippen LogP) is 3.12. The van der Waals surface area contributed by atoms with Gasteiger partial charge in [-0.15, -0.1) is 10.2 Å². The van der Waals surface area contributed by atoms with Crippen molar-refractivity contribution < 1.29 is 18.4 Å². The summed E-state index contributed by atoms with van der Waals surface area (Å²) in [6, 6.07) is 12.7. The lowest BCUT2D eigenvalue weighted by molar-refractivity contribution is 0.289. The quantitative estimate of drug-likeness (QED) is 0.352. The number of thioether (sulfide) groups is 1. The van der Waals surface area contributed by atoms with Crippen LogP contribution in [0.3, 0.4) is 0 Å². The van der Waals surface area contributed by atoms with Crippen LogP contribution in [0.4, 0.5) is 0 Å². The zero-order valence-electron chi connectivity index (χ0n) is 14.9. The van der Waals surface area contributed by atoms with E-state index in [1.807, 2.05) is 30.3 Å². The Morgan fingerprint density at radius 2 is 2.00 bits per heavy atom. The Kier molecular flexibility index (Phi) is 5.20. The molecular formula is C18H17N5O4S. The van der Waals surface area contributed by atoms with Crippen molar-refractivity contribution in [3.63, 3.8) is 0 Å². The molecule has 28 heavy (non-hydrogen) atoms. The first kappa shape index (κ1) is 18.0. The highest BCUT2D eigenvalue weighted by molar-refractivity contribution is 7.98. The standard InChI is InChI=1S/C18H17N5O4S/c1-24-13-4-2-5-14(9-13)26-10-17-20-21-18(23(17)19)28-11-12-8-16(27-22-12)15-6-3-7-25-15/h2-9H,10-11,19H2,1H3. The van der Waals surface area contributed by atoms with E-state index in [2.05, 4.69) is 15.4 Å². The summed E-state index contributed by atoms with van der Waals surface area (Å²) in [4.78, 5) is 0. The first-order chi connectivity index (χ1) is 13.7. The van der Waals surface area contributed by atoms with Crippen LogP contribution >= 0.6 is 11.8 Å². The molecule has 0 saturated heterocycles. The summed E-state index contributed by atoms with van der Waals surface area (Å²) in [5, 5.41) is 12.8. The lowest BCUT2D eigenvalue weighted by atomic mass is 10.3. The fourth-order valence-corrected chi connectivity index (χ4v) is 3.15. The molecule has 0 saturated carbocycles. The first-order valence-electron chi connectivity index (χ1n) is 8.31. The van der Waals surface area contributed by atoms with Crippen LogP contribution in [0.25, 0.3) is 11.5 Å². The highest BCUT2D eigenvalue weighted by atomic mass is 32.2. The van der Waals surface area contributed by atoms with Gasteiger partial charge in [-0.1, -0.05) is 23.0 Å². The Hall–Kier alpha value is -3.40. The van der Waals surface area contributed by atoms with Gasteiger partial charge in [0.15, 0.2) is 11.6 Å². The van der Waals surface area contributed by atoms with Crippen molar-refractivity contribution in [2.24, 2.45) is 0 Å². The van der Waals surface area contributed by atoms with Gasteiger partial charge in [0.2, 0.25) is 10.9 Å². The van der Waals surface area contributed by atoms with E-state index in [-0.39, 0.29) is 6.61 Å². The molecule has 10 heteroatoms. The summed E-state index contributed by atoms with van der Waals surface area (Å²) in [6.45, 7) is 0.184. The van der Waals surface area contributed by atoms with E-state index >= 15 is 0 Å². The van der Waals surface area contributed by atoms with Crippen molar-refractivity contribution in [1.82, 2.24) is 20.0 Å². The van der Waals surface area contributed by atoms with Crippen molar-refractivity contribution in [3.8, 4) is 23.0 Å². The summed E-state index contributed by atoms with van der Waals surface area (Å²) < 4.78 is 22.8. The summed E-state index contributed by atoms with van der Waals surface area (Å²) >= 11 is 1.39. The van der Waals surface area contributed by atoms with Gasteiger partial charge in [0.05, 0.1) is 19.1 Å². The Morgan fingerprint density at radius 1 is 1.11 bits per heavy atom. The van der Waals surface area contributed by atoms with Crippen LogP contribution in [-0.4, -0.2) is 27.1 Å². The molecular weight excluding hydrogens is 382 g/mol. The van der Waals surface area contributed by atoms with Gasteiger partial charge in [-0.25, -0.2) is 4.68 Å². The molecule has 4 rings (SSSR count). The molecule has 9 nitrogen and oxygen atoms in total. The van der Waals surface area contributed by atoms with Crippen LogP contribution in [0.1, 0.15) is 11.5 Å². The second kappa shape index (κ2) is 8.09. The molecule has 0 aliphatic heterocycles. The number of methoxy groups -OCH3 is 1. The Balaban J connectivity index is 1.35. The predicted molar refractivity (Wildman–Crippen MR) is 101 cm³/mol. The average Bonchev–Trinajstić information content (AvgIpc) is 3.47. The molecule has 4 aromatic rings. The minimum Gasteiger partial charge on any atom is -0.497 e. The monoisotopic (exact) mass is 399 g/mol. The fourth-order valence-electron chi connectivity index (χ4n) is 2.40. The molecule has 3 aromatic heterocycles. The second-order valence-corrected chi connectivity index (χ2v) is 6.63. The van der Waals surface area contributed by atoms with Crippen molar-refractivity contribution in [1.29, 1.82) is 0 Å². The Labute approximate surface area is 164 Å². The first-order valence-corrected chi connectivity index (χ1v) is 9.30. The van der Waals surface area contributed by atoms with Crippen LogP contribution in [0.5, 0.6) is 11.5 Å². The van der Waals surface area contributed by atoms with Crippen LogP contribution in [0, 0.1) is 0 Å². The smallest absolute Gasteiger partial charge is 0.210 e. The second-order valence-electron chi connectivity index (χ2n) is 5.68.